The zero-order valence-electron chi connectivity index (χ0n) is 11.4. The second kappa shape index (κ2) is 5.24. The van der Waals surface area contributed by atoms with Gasteiger partial charge in [0.05, 0.1) is 5.56 Å². The lowest BCUT2D eigenvalue weighted by molar-refractivity contribution is -0.130. The molecule has 2 rings (SSSR count). The second-order valence-electron chi connectivity index (χ2n) is 4.38. The number of hydrogen-bond acceptors (Lipinski definition) is 4. The van der Waals surface area contributed by atoms with Gasteiger partial charge in [0, 0.05) is 13.1 Å². The van der Waals surface area contributed by atoms with Gasteiger partial charge in [-0.1, -0.05) is 12.1 Å². The molecule has 0 atom stereocenters. The molecule has 1 aromatic carbocycles. The molecular formula is C13H16N2O4S. The number of hydrogen-bond donors (Lipinski definition) is 0. The molecule has 1 heterocycles. The lowest BCUT2D eigenvalue weighted by atomic mass is 10.2. The molecule has 108 valence electrons. The summed E-state index contributed by atoms with van der Waals surface area (Å²) in [5.41, 5.74) is 0.125. The molecule has 1 aliphatic heterocycles. The van der Waals surface area contributed by atoms with Crippen LogP contribution in [0.15, 0.2) is 29.2 Å². The van der Waals surface area contributed by atoms with E-state index in [1.807, 2.05) is 0 Å². The first kappa shape index (κ1) is 14.5. The van der Waals surface area contributed by atoms with E-state index in [-0.39, 0.29) is 16.4 Å². The Bertz CT molecular complexity index is 650. The van der Waals surface area contributed by atoms with Crippen LogP contribution in [0.4, 0.5) is 0 Å². The Morgan fingerprint density at radius 1 is 1.20 bits per heavy atom. The average Bonchev–Trinajstić information content (AvgIpc) is 2.62. The van der Waals surface area contributed by atoms with Crippen molar-refractivity contribution in [3.8, 4) is 0 Å². The van der Waals surface area contributed by atoms with Crippen LogP contribution in [-0.4, -0.2) is 49.1 Å². The van der Waals surface area contributed by atoms with Crippen LogP contribution >= 0.6 is 0 Å². The van der Waals surface area contributed by atoms with Crippen LogP contribution in [0.1, 0.15) is 24.2 Å². The van der Waals surface area contributed by atoms with Crippen LogP contribution in [0.2, 0.25) is 0 Å². The molecular weight excluding hydrogens is 280 g/mol. The Morgan fingerprint density at radius 2 is 1.80 bits per heavy atom. The number of likely N-dealkylation sites (N-methyl/N-ethyl adjacent to an activating group) is 1. The molecule has 0 bridgehead atoms. The fourth-order valence-electron chi connectivity index (χ4n) is 2.19. The van der Waals surface area contributed by atoms with Gasteiger partial charge < -0.3 is 4.90 Å². The summed E-state index contributed by atoms with van der Waals surface area (Å²) >= 11 is 0. The zero-order chi connectivity index (χ0) is 14.9. The van der Waals surface area contributed by atoms with E-state index in [1.54, 1.807) is 26.0 Å². The number of carbonyl (C=O) groups is 2. The minimum absolute atomic E-state index is 0.0302. The fourth-order valence-corrected chi connectivity index (χ4v) is 3.70. The summed E-state index contributed by atoms with van der Waals surface area (Å²) in [7, 11) is -3.90. The number of carbonyl (C=O) groups excluding carboxylic acids is 2. The lowest BCUT2D eigenvalue weighted by Gasteiger charge is -2.22. The highest BCUT2D eigenvalue weighted by atomic mass is 32.2. The maximum Gasteiger partial charge on any atom is 0.269 e. The molecule has 0 saturated heterocycles. The highest BCUT2D eigenvalue weighted by Gasteiger charge is 2.42. The molecule has 0 aromatic heterocycles. The predicted octanol–water partition coefficient (Wildman–Crippen LogP) is 0.700. The molecule has 20 heavy (non-hydrogen) atoms. The molecule has 2 amide bonds. The van der Waals surface area contributed by atoms with Crippen molar-refractivity contribution in [1.29, 1.82) is 0 Å². The van der Waals surface area contributed by atoms with Crippen molar-refractivity contribution >= 4 is 21.8 Å². The SMILES string of the molecule is CCN(CC)C(=O)CN1C(=O)c2ccccc2S1(=O)=O. The normalized spacial score (nSPS) is 16.1. The van der Waals surface area contributed by atoms with Crippen LogP contribution in [0.25, 0.3) is 0 Å². The van der Waals surface area contributed by atoms with Crippen LogP contribution in [0.3, 0.4) is 0 Å². The van der Waals surface area contributed by atoms with Gasteiger partial charge in [0.1, 0.15) is 11.4 Å². The smallest absolute Gasteiger partial charge is 0.269 e. The van der Waals surface area contributed by atoms with Gasteiger partial charge in [0.25, 0.3) is 15.9 Å². The monoisotopic (exact) mass is 296 g/mol. The van der Waals surface area contributed by atoms with E-state index in [9.17, 15) is 18.0 Å². The minimum atomic E-state index is -3.90. The molecule has 0 N–H and O–H groups in total. The summed E-state index contributed by atoms with van der Waals surface area (Å²) in [5, 5.41) is 0. The third kappa shape index (κ3) is 2.18. The van der Waals surface area contributed by atoms with Crippen molar-refractivity contribution in [2.24, 2.45) is 0 Å². The first-order valence-electron chi connectivity index (χ1n) is 6.37. The molecule has 7 heteroatoms. The maximum atomic E-state index is 12.3. The first-order valence-corrected chi connectivity index (χ1v) is 7.81. The van der Waals surface area contributed by atoms with Crippen molar-refractivity contribution in [3.05, 3.63) is 29.8 Å². The Morgan fingerprint density at radius 3 is 2.35 bits per heavy atom. The Labute approximate surface area is 118 Å². The third-order valence-corrected chi connectivity index (χ3v) is 5.09. The number of rotatable bonds is 4. The first-order chi connectivity index (χ1) is 9.43. The number of nitrogens with zero attached hydrogens (tertiary/aromatic N) is 2. The number of fused-ring (bicyclic) bond motifs is 1. The lowest BCUT2D eigenvalue weighted by Crippen LogP contribution is -2.42. The zero-order valence-corrected chi connectivity index (χ0v) is 12.2. The summed E-state index contributed by atoms with van der Waals surface area (Å²) in [6.45, 7) is 4.11. The molecule has 6 nitrogen and oxygen atoms in total. The fraction of sp³-hybridized carbons (Fsp3) is 0.385. The Kier molecular flexibility index (Phi) is 3.80. The summed E-state index contributed by atoms with van der Waals surface area (Å²) < 4.78 is 25.2. The van der Waals surface area contributed by atoms with Crippen molar-refractivity contribution in [2.45, 2.75) is 18.7 Å². The Hall–Kier alpha value is -1.89. The van der Waals surface area contributed by atoms with Crippen LogP contribution < -0.4 is 0 Å². The van der Waals surface area contributed by atoms with Gasteiger partial charge in [-0.3, -0.25) is 9.59 Å². The summed E-state index contributed by atoms with van der Waals surface area (Å²) in [6, 6.07) is 5.99. The number of sulfonamides is 1. The number of benzene rings is 1. The van der Waals surface area contributed by atoms with Gasteiger partial charge in [-0.25, -0.2) is 12.7 Å². The topological polar surface area (TPSA) is 74.8 Å². The van der Waals surface area contributed by atoms with Crippen molar-refractivity contribution in [2.75, 3.05) is 19.6 Å². The Balaban J connectivity index is 2.32. The predicted molar refractivity (Wildman–Crippen MR) is 72.6 cm³/mol. The van der Waals surface area contributed by atoms with Crippen LogP contribution in [-0.2, 0) is 14.8 Å². The summed E-state index contributed by atoms with van der Waals surface area (Å²) in [6.07, 6.45) is 0. The molecule has 0 aliphatic carbocycles. The largest absolute Gasteiger partial charge is 0.342 e. The van der Waals surface area contributed by atoms with Gasteiger partial charge in [-0.2, -0.15) is 0 Å². The van der Waals surface area contributed by atoms with Gasteiger partial charge in [0.15, 0.2) is 0 Å². The minimum Gasteiger partial charge on any atom is -0.342 e. The average molecular weight is 296 g/mol. The maximum absolute atomic E-state index is 12.3. The van der Waals surface area contributed by atoms with E-state index in [2.05, 4.69) is 0 Å². The molecule has 1 aromatic rings. The highest BCUT2D eigenvalue weighted by molar-refractivity contribution is 7.90. The van der Waals surface area contributed by atoms with Crippen LogP contribution in [0, 0.1) is 0 Å². The van der Waals surface area contributed by atoms with Gasteiger partial charge in [-0.05, 0) is 26.0 Å². The van der Waals surface area contributed by atoms with Crippen LogP contribution in [0.5, 0.6) is 0 Å². The van der Waals surface area contributed by atoms with Crippen molar-refractivity contribution in [1.82, 2.24) is 9.21 Å². The summed E-state index contributed by atoms with van der Waals surface area (Å²) in [5.74, 6) is -1.01. The quantitative estimate of drug-likeness (QED) is 0.819. The summed E-state index contributed by atoms with van der Waals surface area (Å²) in [4.78, 5) is 25.6. The third-order valence-electron chi connectivity index (χ3n) is 3.31. The van der Waals surface area contributed by atoms with Gasteiger partial charge in [-0.15, -0.1) is 0 Å². The van der Waals surface area contributed by atoms with E-state index in [0.29, 0.717) is 17.4 Å². The number of amides is 2. The molecule has 0 radical (unpaired) electrons. The molecule has 0 unspecified atom stereocenters. The molecule has 1 aliphatic rings. The van der Waals surface area contributed by atoms with E-state index in [4.69, 9.17) is 0 Å². The van der Waals surface area contributed by atoms with Gasteiger partial charge in [0.2, 0.25) is 5.91 Å². The standard InChI is InChI=1S/C13H16N2O4S/c1-3-14(4-2)12(16)9-15-13(17)10-7-5-6-8-11(10)20(15,18)19/h5-8H,3-4,9H2,1-2H3. The highest BCUT2D eigenvalue weighted by Crippen LogP contribution is 2.29. The van der Waals surface area contributed by atoms with Gasteiger partial charge >= 0.3 is 0 Å². The van der Waals surface area contributed by atoms with E-state index < -0.39 is 22.5 Å². The van der Waals surface area contributed by atoms with E-state index in [1.165, 1.54) is 17.0 Å². The van der Waals surface area contributed by atoms with Crippen molar-refractivity contribution < 1.29 is 18.0 Å². The second-order valence-corrected chi connectivity index (χ2v) is 6.21. The molecule has 0 fully saturated rings. The van der Waals surface area contributed by atoms with E-state index >= 15 is 0 Å². The molecule has 0 spiro atoms. The molecule has 0 saturated carbocycles. The van der Waals surface area contributed by atoms with E-state index in [0.717, 1.165) is 0 Å². The van der Waals surface area contributed by atoms with Crippen molar-refractivity contribution in [3.63, 3.8) is 0 Å².